The number of nitrogens with zero attached hydrogens (tertiary/aromatic N) is 1. The van der Waals surface area contributed by atoms with Gasteiger partial charge in [-0.25, -0.2) is 4.79 Å². The quantitative estimate of drug-likeness (QED) is 0.822. The van der Waals surface area contributed by atoms with Gasteiger partial charge in [0.2, 0.25) is 0 Å². The molecule has 1 aromatic rings. The van der Waals surface area contributed by atoms with E-state index in [0.29, 0.717) is 9.49 Å². The Morgan fingerprint density at radius 3 is 2.88 bits per heavy atom. The second kappa shape index (κ2) is 4.93. The molecular formula is C11H15IN2O3. The van der Waals surface area contributed by atoms with Gasteiger partial charge in [0.15, 0.2) is 0 Å². The minimum Gasteiger partial charge on any atom is -0.354 e. The van der Waals surface area contributed by atoms with Gasteiger partial charge in [-0.05, 0) is 41.4 Å². The second-order valence-electron chi connectivity index (χ2n) is 4.39. The molecule has 1 aliphatic heterocycles. The van der Waals surface area contributed by atoms with Gasteiger partial charge in [-0.2, -0.15) is 0 Å². The molecule has 1 fully saturated rings. The third kappa shape index (κ3) is 2.47. The van der Waals surface area contributed by atoms with Crippen molar-refractivity contribution in [3.8, 4) is 0 Å². The Kier molecular flexibility index (Phi) is 3.72. The van der Waals surface area contributed by atoms with Gasteiger partial charge in [0.05, 0.1) is 9.67 Å². The number of rotatable bonds is 2. The zero-order valence-electron chi connectivity index (χ0n) is 9.77. The zero-order chi connectivity index (χ0) is 12.6. The van der Waals surface area contributed by atoms with Gasteiger partial charge in [-0.1, -0.05) is 13.8 Å². The Hall–Kier alpha value is -0.630. The van der Waals surface area contributed by atoms with E-state index < -0.39 is 5.69 Å². The molecule has 1 aromatic heterocycles. The van der Waals surface area contributed by atoms with Crippen molar-refractivity contribution in [1.29, 1.82) is 0 Å². The van der Waals surface area contributed by atoms with Gasteiger partial charge < -0.3 is 4.74 Å². The standard InChI is InChI=1S/C11H15IN2O3/c1-3-8-6(2)4-9(17-8)14-5-7(12)10(15)13-11(14)16/h5-6,8-9H,3-4H2,1-2H3,(H,13,15,16)/t6?,8-,9-/m0/s1. The van der Waals surface area contributed by atoms with Crippen LogP contribution >= 0.6 is 22.6 Å². The first-order valence-electron chi connectivity index (χ1n) is 5.69. The lowest BCUT2D eigenvalue weighted by atomic mass is 10.0. The van der Waals surface area contributed by atoms with E-state index in [9.17, 15) is 9.59 Å². The Morgan fingerprint density at radius 2 is 2.29 bits per heavy atom. The molecule has 0 bridgehead atoms. The van der Waals surface area contributed by atoms with Crippen LogP contribution in [0.5, 0.6) is 0 Å². The van der Waals surface area contributed by atoms with Crippen molar-refractivity contribution < 1.29 is 4.74 Å². The fourth-order valence-corrected chi connectivity index (χ4v) is 2.65. The van der Waals surface area contributed by atoms with Crippen LogP contribution in [0.3, 0.4) is 0 Å². The maximum atomic E-state index is 11.7. The molecule has 0 amide bonds. The summed E-state index contributed by atoms with van der Waals surface area (Å²) in [4.78, 5) is 25.3. The summed E-state index contributed by atoms with van der Waals surface area (Å²) in [6.07, 6.45) is 3.24. The Morgan fingerprint density at radius 1 is 1.59 bits per heavy atom. The van der Waals surface area contributed by atoms with Crippen LogP contribution in [0.25, 0.3) is 0 Å². The number of halogens is 1. The molecule has 5 nitrogen and oxygen atoms in total. The minimum absolute atomic E-state index is 0.191. The van der Waals surface area contributed by atoms with Gasteiger partial charge in [0, 0.05) is 6.20 Å². The van der Waals surface area contributed by atoms with Gasteiger partial charge in [-0.3, -0.25) is 14.3 Å². The first-order chi connectivity index (χ1) is 8.02. The highest BCUT2D eigenvalue weighted by atomic mass is 127. The molecule has 0 saturated carbocycles. The van der Waals surface area contributed by atoms with Crippen molar-refractivity contribution >= 4 is 22.6 Å². The van der Waals surface area contributed by atoms with Crippen molar-refractivity contribution in [1.82, 2.24) is 9.55 Å². The molecule has 94 valence electrons. The molecular weight excluding hydrogens is 335 g/mol. The minimum atomic E-state index is -0.399. The fraction of sp³-hybridized carbons (Fsp3) is 0.636. The van der Waals surface area contributed by atoms with Crippen LogP contribution in [-0.4, -0.2) is 15.7 Å². The summed E-state index contributed by atoms with van der Waals surface area (Å²) in [5.41, 5.74) is -0.741. The fourth-order valence-electron chi connectivity index (χ4n) is 2.21. The molecule has 0 aliphatic carbocycles. The summed E-state index contributed by atoms with van der Waals surface area (Å²) in [5.74, 6) is 0.432. The molecule has 3 atom stereocenters. The second-order valence-corrected chi connectivity index (χ2v) is 5.56. The maximum Gasteiger partial charge on any atom is 0.330 e. The topological polar surface area (TPSA) is 64.1 Å². The van der Waals surface area contributed by atoms with Crippen molar-refractivity contribution in [3.63, 3.8) is 0 Å². The first kappa shape index (κ1) is 12.8. The van der Waals surface area contributed by atoms with E-state index in [1.165, 1.54) is 4.57 Å². The lowest BCUT2D eigenvalue weighted by molar-refractivity contribution is -0.00771. The molecule has 2 rings (SSSR count). The molecule has 0 spiro atoms. The molecule has 1 N–H and O–H groups in total. The van der Waals surface area contributed by atoms with Gasteiger partial charge in [0.1, 0.15) is 6.23 Å². The van der Waals surface area contributed by atoms with Crippen LogP contribution in [0.1, 0.15) is 32.9 Å². The van der Waals surface area contributed by atoms with E-state index in [1.54, 1.807) is 6.20 Å². The molecule has 6 heteroatoms. The molecule has 0 radical (unpaired) electrons. The molecule has 2 heterocycles. The van der Waals surface area contributed by atoms with E-state index in [1.807, 2.05) is 22.6 Å². The van der Waals surface area contributed by atoms with E-state index in [4.69, 9.17) is 4.74 Å². The molecule has 0 aromatic carbocycles. The van der Waals surface area contributed by atoms with Gasteiger partial charge >= 0.3 is 5.69 Å². The highest BCUT2D eigenvalue weighted by Crippen LogP contribution is 2.33. The van der Waals surface area contributed by atoms with Gasteiger partial charge in [0.25, 0.3) is 5.56 Å². The highest BCUT2D eigenvalue weighted by molar-refractivity contribution is 14.1. The molecule has 1 aliphatic rings. The monoisotopic (exact) mass is 350 g/mol. The Bertz CT molecular complexity index is 522. The summed E-state index contributed by atoms with van der Waals surface area (Å²) in [6.45, 7) is 4.19. The normalized spacial score (nSPS) is 28.5. The van der Waals surface area contributed by atoms with Crippen LogP contribution in [0.2, 0.25) is 0 Å². The van der Waals surface area contributed by atoms with Crippen LogP contribution in [-0.2, 0) is 4.74 Å². The lowest BCUT2D eigenvalue weighted by Gasteiger charge is -2.15. The SMILES string of the molecule is CC[C@@H]1O[C@H](n2cc(I)c(=O)[nH]c2=O)CC1C. The number of H-pyrrole nitrogens is 1. The lowest BCUT2D eigenvalue weighted by Crippen LogP contribution is -2.33. The zero-order valence-corrected chi connectivity index (χ0v) is 11.9. The Labute approximate surface area is 112 Å². The Balaban J connectivity index is 2.34. The predicted octanol–water partition coefficient (Wildman–Crippen LogP) is 1.47. The van der Waals surface area contributed by atoms with Crippen LogP contribution in [0.4, 0.5) is 0 Å². The summed E-state index contributed by atoms with van der Waals surface area (Å²) in [7, 11) is 0. The average molecular weight is 350 g/mol. The molecule has 1 unspecified atom stereocenters. The first-order valence-corrected chi connectivity index (χ1v) is 6.77. The van der Waals surface area contributed by atoms with Crippen molar-refractivity contribution in [2.24, 2.45) is 5.92 Å². The highest BCUT2D eigenvalue weighted by Gasteiger charge is 2.32. The van der Waals surface area contributed by atoms with E-state index in [0.717, 1.165) is 12.8 Å². The number of hydrogen-bond acceptors (Lipinski definition) is 3. The van der Waals surface area contributed by atoms with Gasteiger partial charge in [-0.15, -0.1) is 0 Å². The number of nitrogens with one attached hydrogen (secondary N) is 1. The van der Waals surface area contributed by atoms with Crippen molar-refractivity contribution in [3.05, 3.63) is 30.6 Å². The molecule has 17 heavy (non-hydrogen) atoms. The predicted molar refractivity (Wildman–Crippen MR) is 72.0 cm³/mol. The smallest absolute Gasteiger partial charge is 0.330 e. The number of ether oxygens (including phenoxy) is 1. The van der Waals surface area contributed by atoms with E-state index >= 15 is 0 Å². The summed E-state index contributed by atoms with van der Waals surface area (Å²) in [5, 5.41) is 0. The average Bonchev–Trinajstić information content (AvgIpc) is 2.65. The van der Waals surface area contributed by atoms with Crippen molar-refractivity contribution in [2.75, 3.05) is 0 Å². The largest absolute Gasteiger partial charge is 0.354 e. The van der Waals surface area contributed by atoms with E-state index in [2.05, 4.69) is 18.8 Å². The van der Waals surface area contributed by atoms with Crippen LogP contribution in [0.15, 0.2) is 15.8 Å². The summed E-state index contributed by atoms with van der Waals surface area (Å²) >= 11 is 1.91. The van der Waals surface area contributed by atoms with E-state index in [-0.39, 0.29) is 17.9 Å². The third-order valence-corrected chi connectivity index (χ3v) is 3.95. The third-order valence-electron chi connectivity index (χ3n) is 3.18. The number of aromatic amines is 1. The summed E-state index contributed by atoms with van der Waals surface area (Å²) < 4.78 is 7.80. The van der Waals surface area contributed by atoms with Crippen LogP contribution < -0.4 is 11.2 Å². The van der Waals surface area contributed by atoms with Crippen molar-refractivity contribution in [2.45, 2.75) is 39.0 Å². The number of hydrogen-bond donors (Lipinski definition) is 1. The maximum absolute atomic E-state index is 11.7. The van der Waals surface area contributed by atoms with Crippen LogP contribution in [0, 0.1) is 9.49 Å². The summed E-state index contributed by atoms with van der Waals surface area (Å²) in [6, 6.07) is 0. The molecule has 1 saturated heterocycles. The number of aromatic nitrogens is 2.